The SMILES string of the molecule is CCCCOc1ccc(C(=O)c2cccs2)cc1. The van der Waals surface area contributed by atoms with Gasteiger partial charge in [-0.3, -0.25) is 4.79 Å². The molecule has 0 fully saturated rings. The van der Waals surface area contributed by atoms with Crippen LogP contribution in [-0.2, 0) is 0 Å². The molecular formula is C15H16O2S. The van der Waals surface area contributed by atoms with E-state index < -0.39 is 0 Å². The fourth-order valence-corrected chi connectivity index (χ4v) is 2.27. The second-order valence-corrected chi connectivity index (χ2v) is 4.98. The van der Waals surface area contributed by atoms with Gasteiger partial charge in [-0.25, -0.2) is 0 Å². The van der Waals surface area contributed by atoms with Crippen molar-refractivity contribution in [2.24, 2.45) is 0 Å². The molecule has 2 nitrogen and oxygen atoms in total. The molecule has 2 aromatic rings. The molecular weight excluding hydrogens is 244 g/mol. The van der Waals surface area contributed by atoms with Gasteiger partial charge in [-0.1, -0.05) is 19.4 Å². The zero-order valence-electron chi connectivity index (χ0n) is 10.4. The Hall–Kier alpha value is -1.61. The minimum Gasteiger partial charge on any atom is -0.494 e. The van der Waals surface area contributed by atoms with Crippen LogP contribution in [0.15, 0.2) is 41.8 Å². The average molecular weight is 260 g/mol. The lowest BCUT2D eigenvalue weighted by Crippen LogP contribution is -2.00. The first kappa shape index (κ1) is 12.8. The highest BCUT2D eigenvalue weighted by Crippen LogP contribution is 2.18. The van der Waals surface area contributed by atoms with Gasteiger partial charge in [-0.05, 0) is 42.1 Å². The highest BCUT2D eigenvalue weighted by atomic mass is 32.1. The normalized spacial score (nSPS) is 10.3. The molecule has 0 saturated carbocycles. The van der Waals surface area contributed by atoms with Crippen LogP contribution in [0.5, 0.6) is 5.75 Å². The number of carbonyl (C=O) groups is 1. The Morgan fingerprint density at radius 2 is 2.00 bits per heavy atom. The van der Waals surface area contributed by atoms with Gasteiger partial charge in [0.15, 0.2) is 0 Å². The molecule has 0 spiro atoms. The van der Waals surface area contributed by atoms with Crippen LogP contribution in [0.25, 0.3) is 0 Å². The van der Waals surface area contributed by atoms with Gasteiger partial charge < -0.3 is 4.74 Å². The molecule has 0 N–H and O–H groups in total. The van der Waals surface area contributed by atoms with Crippen molar-refractivity contribution in [3.05, 3.63) is 52.2 Å². The topological polar surface area (TPSA) is 26.3 Å². The predicted molar refractivity (Wildman–Crippen MR) is 74.6 cm³/mol. The molecule has 0 aliphatic rings. The number of ketones is 1. The smallest absolute Gasteiger partial charge is 0.202 e. The third-order valence-electron chi connectivity index (χ3n) is 2.63. The van der Waals surface area contributed by atoms with Gasteiger partial charge in [0.1, 0.15) is 5.75 Å². The van der Waals surface area contributed by atoms with E-state index in [2.05, 4.69) is 6.92 Å². The van der Waals surface area contributed by atoms with E-state index in [0.717, 1.165) is 30.1 Å². The maximum absolute atomic E-state index is 12.0. The molecule has 0 aliphatic heterocycles. The van der Waals surface area contributed by atoms with Crippen molar-refractivity contribution in [1.82, 2.24) is 0 Å². The second kappa shape index (κ2) is 6.36. The van der Waals surface area contributed by atoms with Gasteiger partial charge in [0.2, 0.25) is 5.78 Å². The third-order valence-corrected chi connectivity index (χ3v) is 3.50. The van der Waals surface area contributed by atoms with E-state index in [9.17, 15) is 4.79 Å². The highest BCUT2D eigenvalue weighted by molar-refractivity contribution is 7.12. The quantitative estimate of drug-likeness (QED) is 0.576. The molecule has 0 aliphatic carbocycles. The second-order valence-electron chi connectivity index (χ2n) is 4.03. The summed E-state index contributed by atoms with van der Waals surface area (Å²) in [6, 6.07) is 11.1. The minimum absolute atomic E-state index is 0.0742. The number of carbonyl (C=O) groups excluding carboxylic acids is 1. The van der Waals surface area contributed by atoms with Gasteiger partial charge in [0, 0.05) is 5.56 Å². The summed E-state index contributed by atoms with van der Waals surface area (Å²) < 4.78 is 5.56. The number of benzene rings is 1. The number of thiophene rings is 1. The molecule has 18 heavy (non-hydrogen) atoms. The Bertz CT molecular complexity index is 486. The molecule has 0 radical (unpaired) electrons. The number of hydrogen-bond acceptors (Lipinski definition) is 3. The number of rotatable bonds is 6. The summed E-state index contributed by atoms with van der Waals surface area (Å²) in [6.07, 6.45) is 2.17. The molecule has 0 saturated heterocycles. The Kier molecular flexibility index (Phi) is 4.53. The molecule has 1 aromatic heterocycles. The van der Waals surface area contributed by atoms with Crippen LogP contribution in [0.2, 0.25) is 0 Å². The minimum atomic E-state index is 0.0742. The Labute approximate surface area is 111 Å². The monoisotopic (exact) mass is 260 g/mol. The lowest BCUT2D eigenvalue weighted by Gasteiger charge is -2.05. The van der Waals surface area contributed by atoms with E-state index in [0.29, 0.717) is 5.56 Å². The lowest BCUT2D eigenvalue weighted by atomic mass is 10.1. The van der Waals surface area contributed by atoms with Crippen molar-refractivity contribution in [2.45, 2.75) is 19.8 Å². The zero-order valence-corrected chi connectivity index (χ0v) is 11.2. The third kappa shape index (κ3) is 3.20. The summed E-state index contributed by atoms with van der Waals surface area (Å²) in [6.45, 7) is 2.86. The molecule has 2 rings (SSSR count). The maximum atomic E-state index is 12.0. The molecule has 94 valence electrons. The first-order chi connectivity index (χ1) is 8.81. The van der Waals surface area contributed by atoms with Crippen LogP contribution < -0.4 is 4.74 Å². The Morgan fingerprint density at radius 3 is 2.61 bits per heavy atom. The van der Waals surface area contributed by atoms with E-state index in [1.54, 1.807) is 0 Å². The molecule has 0 unspecified atom stereocenters. The Morgan fingerprint density at radius 1 is 1.22 bits per heavy atom. The first-order valence-electron chi connectivity index (χ1n) is 6.12. The fraction of sp³-hybridized carbons (Fsp3) is 0.267. The predicted octanol–water partition coefficient (Wildman–Crippen LogP) is 4.16. The molecule has 0 amide bonds. The van der Waals surface area contributed by atoms with Gasteiger partial charge in [0.25, 0.3) is 0 Å². The van der Waals surface area contributed by atoms with Crippen molar-refractivity contribution < 1.29 is 9.53 Å². The molecule has 1 heterocycles. The molecule has 1 aromatic carbocycles. The van der Waals surface area contributed by atoms with Crippen molar-refractivity contribution >= 4 is 17.1 Å². The van der Waals surface area contributed by atoms with E-state index in [-0.39, 0.29) is 5.78 Å². The van der Waals surface area contributed by atoms with Gasteiger partial charge in [0.05, 0.1) is 11.5 Å². The summed E-state index contributed by atoms with van der Waals surface area (Å²) in [7, 11) is 0. The van der Waals surface area contributed by atoms with Crippen LogP contribution >= 0.6 is 11.3 Å². The van der Waals surface area contributed by atoms with Gasteiger partial charge >= 0.3 is 0 Å². The Balaban J connectivity index is 2.01. The van der Waals surface area contributed by atoms with Crippen molar-refractivity contribution in [3.8, 4) is 5.75 Å². The zero-order chi connectivity index (χ0) is 12.8. The number of hydrogen-bond donors (Lipinski definition) is 0. The van der Waals surface area contributed by atoms with Crippen LogP contribution in [0.4, 0.5) is 0 Å². The molecule has 0 atom stereocenters. The standard InChI is InChI=1S/C15H16O2S/c1-2-3-10-17-13-8-6-12(7-9-13)15(16)14-5-4-11-18-14/h4-9,11H,2-3,10H2,1H3. The van der Waals surface area contributed by atoms with Crippen molar-refractivity contribution in [3.63, 3.8) is 0 Å². The van der Waals surface area contributed by atoms with Crippen molar-refractivity contribution in [1.29, 1.82) is 0 Å². The van der Waals surface area contributed by atoms with Crippen LogP contribution in [0.3, 0.4) is 0 Å². The lowest BCUT2D eigenvalue weighted by molar-refractivity contribution is 0.104. The van der Waals surface area contributed by atoms with Crippen LogP contribution in [0, 0.1) is 0 Å². The number of ether oxygens (including phenoxy) is 1. The summed E-state index contributed by atoms with van der Waals surface area (Å²) in [5.74, 6) is 0.899. The summed E-state index contributed by atoms with van der Waals surface area (Å²) in [4.78, 5) is 12.8. The maximum Gasteiger partial charge on any atom is 0.202 e. The van der Waals surface area contributed by atoms with Crippen molar-refractivity contribution in [2.75, 3.05) is 6.61 Å². The summed E-state index contributed by atoms with van der Waals surface area (Å²) in [5.41, 5.74) is 0.709. The molecule has 3 heteroatoms. The molecule has 0 bridgehead atoms. The van der Waals surface area contributed by atoms with E-state index in [1.807, 2.05) is 41.8 Å². The van der Waals surface area contributed by atoms with E-state index in [4.69, 9.17) is 4.74 Å². The van der Waals surface area contributed by atoms with Crippen LogP contribution in [-0.4, -0.2) is 12.4 Å². The van der Waals surface area contributed by atoms with E-state index >= 15 is 0 Å². The largest absolute Gasteiger partial charge is 0.494 e. The summed E-state index contributed by atoms with van der Waals surface area (Å²) >= 11 is 1.47. The fourth-order valence-electron chi connectivity index (χ4n) is 1.59. The van der Waals surface area contributed by atoms with Gasteiger partial charge in [-0.15, -0.1) is 11.3 Å². The van der Waals surface area contributed by atoms with E-state index in [1.165, 1.54) is 11.3 Å². The first-order valence-corrected chi connectivity index (χ1v) is 7.00. The highest BCUT2D eigenvalue weighted by Gasteiger charge is 2.09. The van der Waals surface area contributed by atoms with Crippen LogP contribution in [0.1, 0.15) is 35.0 Å². The average Bonchev–Trinajstić information content (AvgIpc) is 2.93. The summed E-state index contributed by atoms with van der Waals surface area (Å²) in [5, 5.41) is 1.91. The number of unbranched alkanes of at least 4 members (excludes halogenated alkanes) is 1. The van der Waals surface area contributed by atoms with Gasteiger partial charge in [-0.2, -0.15) is 0 Å².